The van der Waals surface area contributed by atoms with E-state index in [2.05, 4.69) is 9.97 Å². The highest BCUT2D eigenvalue weighted by atomic mass is 19.1. The van der Waals surface area contributed by atoms with Crippen molar-refractivity contribution >= 4 is 0 Å². The Morgan fingerprint density at radius 2 is 2.00 bits per heavy atom. The van der Waals surface area contributed by atoms with Gasteiger partial charge in [0.2, 0.25) is 11.8 Å². The predicted molar refractivity (Wildman–Crippen MR) is 50.2 cm³/mol. The van der Waals surface area contributed by atoms with E-state index < -0.39 is 5.95 Å². The Labute approximate surface area is 87.2 Å². The molecule has 15 heavy (non-hydrogen) atoms. The minimum absolute atomic E-state index is 0.206. The van der Waals surface area contributed by atoms with Crippen molar-refractivity contribution in [1.29, 1.82) is 0 Å². The molecule has 0 spiro atoms. The fraction of sp³-hybridized carbons (Fsp3) is 0.556. The van der Waals surface area contributed by atoms with Crippen LogP contribution in [0.3, 0.4) is 0 Å². The molecule has 0 bridgehead atoms. The third-order valence-electron chi connectivity index (χ3n) is 1.52. The van der Waals surface area contributed by atoms with Gasteiger partial charge in [-0.1, -0.05) is 0 Å². The van der Waals surface area contributed by atoms with E-state index in [0.29, 0.717) is 26.4 Å². The Hall–Kier alpha value is -1.27. The van der Waals surface area contributed by atoms with Gasteiger partial charge in [0.15, 0.2) is 0 Å². The van der Waals surface area contributed by atoms with E-state index in [0.717, 1.165) is 12.4 Å². The summed E-state index contributed by atoms with van der Waals surface area (Å²) in [6.45, 7) is 1.79. The summed E-state index contributed by atoms with van der Waals surface area (Å²) in [5, 5.41) is 0. The van der Waals surface area contributed by atoms with Crippen molar-refractivity contribution in [3.63, 3.8) is 0 Å². The number of rotatable bonds is 7. The molecule has 0 saturated carbocycles. The molecule has 0 aliphatic heterocycles. The number of hydrogen-bond donors (Lipinski definition) is 0. The van der Waals surface area contributed by atoms with Gasteiger partial charge in [-0.15, -0.1) is 0 Å². The molecular weight excluding hydrogens is 203 g/mol. The number of nitrogens with zero attached hydrogens (tertiary/aromatic N) is 2. The molecule has 0 aliphatic rings. The number of aromatic nitrogens is 2. The van der Waals surface area contributed by atoms with Crippen LogP contribution in [-0.2, 0) is 9.47 Å². The van der Waals surface area contributed by atoms with Gasteiger partial charge < -0.3 is 14.2 Å². The van der Waals surface area contributed by atoms with Crippen molar-refractivity contribution in [2.45, 2.75) is 0 Å². The minimum atomic E-state index is -0.611. The maximum Gasteiger partial charge on any atom is 0.219 e. The number of hydrogen-bond acceptors (Lipinski definition) is 5. The molecule has 0 amide bonds. The zero-order valence-corrected chi connectivity index (χ0v) is 8.48. The molecule has 84 valence electrons. The van der Waals surface area contributed by atoms with E-state index in [1.54, 1.807) is 7.11 Å². The second kappa shape index (κ2) is 7.08. The predicted octanol–water partition coefficient (Wildman–Crippen LogP) is 0.657. The first-order valence-corrected chi connectivity index (χ1v) is 4.50. The van der Waals surface area contributed by atoms with E-state index in [-0.39, 0.29) is 5.88 Å². The molecule has 0 unspecified atom stereocenters. The maximum atomic E-state index is 12.6. The van der Waals surface area contributed by atoms with Crippen molar-refractivity contribution in [2.75, 3.05) is 33.5 Å². The zero-order valence-electron chi connectivity index (χ0n) is 8.48. The first-order chi connectivity index (χ1) is 7.33. The fourth-order valence-electron chi connectivity index (χ4n) is 0.846. The Morgan fingerprint density at radius 3 is 2.73 bits per heavy atom. The van der Waals surface area contributed by atoms with Crippen LogP contribution in [0.2, 0.25) is 0 Å². The maximum absolute atomic E-state index is 12.6. The van der Waals surface area contributed by atoms with Crippen LogP contribution in [0.1, 0.15) is 0 Å². The molecule has 5 nitrogen and oxygen atoms in total. The molecule has 6 heteroatoms. The van der Waals surface area contributed by atoms with Gasteiger partial charge in [-0.05, 0) is 0 Å². The van der Waals surface area contributed by atoms with Gasteiger partial charge in [-0.3, -0.25) is 0 Å². The van der Waals surface area contributed by atoms with Gasteiger partial charge in [-0.2, -0.15) is 4.39 Å². The molecule has 1 aromatic heterocycles. The lowest BCUT2D eigenvalue weighted by molar-refractivity contribution is 0.0536. The lowest BCUT2D eigenvalue weighted by atomic mass is 10.6. The quantitative estimate of drug-likeness (QED) is 0.495. The number of halogens is 1. The molecule has 0 N–H and O–H groups in total. The average molecular weight is 216 g/mol. The van der Waals surface area contributed by atoms with Crippen LogP contribution in [0.15, 0.2) is 12.4 Å². The Morgan fingerprint density at radius 1 is 1.20 bits per heavy atom. The lowest BCUT2D eigenvalue weighted by Gasteiger charge is -2.05. The molecule has 0 radical (unpaired) electrons. The van der Waals surface area contributed by atoms with Crippen LogP contribution in [-0.4, -0.2) is 43.5 Å². The largest absolute Gasteiger partial charge is 0.475 e. The van der Waals surface area contributed by atoms with Crippen molar-refractivity contribution < 1.29 is 18.6 Å². The SMILES string of the molecule is COCCOCCOc1cc(F)ncn1. The van der Waals surface area contributed by atoms with E-state index in [1.807, 2.05) is 0 Å². The topological polar surface area (TPSA) is 53.5 Å². The molecule has 0 atom stereocenters. The van der Waals surface area contributed by atoms with Crippen LogP contribution in [0, 0.1) is 5.95 Å². The monoisotopic (exact) mass is 216 g/mol. The fourth-order valence-corrected chi connectivity index (χ4v) is 0.846. The van der Waals surface area contributed by atoms with Crippen molar-refractivity contribution in [1.82, 2.24) is 9.97 Å². The third-order valence-corrected chi connectivity index (χ3v) is 1.52. The van der Waals surface area contributed by atoms with Crippen LogP contribution in [0.4, 0.5) is 4.39 Å². The van der Waals surface area contributed by atoms with Gasteiger partial charge in [0.05, 0.1) is 25.9 Å². The molecule has 0 aromatic carbocycles. The van der Waals surface area contributed by atoms with Crippen molar-refractivity contribution in [2.24, 2.45) is 0 Å². The van der Waals surface area contributed by atoms with Gasteiger partial charge in [-0.25, -0.2) is 9.97 Å². The molecule has 0 saturated heterocycles. The summed E-state index contributed by atoms with van der Waals surface area (Å²) in [6, 6.07) is 1.12. The molecule has 1 heterocycles. The molecule has 0 fully saturated rings. The van der Waals surface area contributed by atoms with Crippen LogP contribution in [0.25, 0.3) is 0 Å². The second-order valence-corrected chi connectivity index (χ2v) is 2.63. The van der Waals surface area contributed by atoms with Crippen LogP contribution >= 0.6 is 0 Å². The average Bonchev–Trinajstić information content (AvgIpc) is 2.23. The molecule has 0 aliphatic carbocycles. The van der Waals surface area contributed by atoms with Gasteiger partial charge in [0.25, 0.3) is 0 Å². The summed E-state index contributed by atoms with van der Waals surface area (Å²) >= 11 is 0. The third kappa shape index (κ3) is 5.24. The molecular formula is C9H13FN2O3. The van der Waals surface area contributed by atoms with Crippen molar-refractivity contribution in [3.8, 4) is 5.88 Å². The standard InChI is InChI=1S/C9H13FN2O3/c1-13-2-3-14-4-5-15-9-6-8(10)11-7-12-9/h6-7H,2-5H2,1H3. The number of ether oxygens (including phenoxy) is 3. The summed E-state index contributed by atoms with van der Waals surface area (Å²) in [6.07, 6.45) is 1.11. The van der Waals surface area contributed by atoms with E-state index in [9.17, 15) is 4.39 Å². The minimum Gasteiger partial charge on any atom is -0.475 e. The molecule has 1 rings (SSSR count). The summed E-state index contributed by atoms with van der Waals surface area (Å²) in [5.74, 6) is -0.404. The highest BCUT2D eigenvalue weighted by molar-refractivity contribution is 5.05. The summed E-state index contributed by atoms with van der Waals surface area (Å²) in [5.41, 5.74) is 0. The van der Waals surface area contributed by atoms with Gasteiger partial charge in [0, 0.05) is 7.11 Å². The number of methoxy groups -OCH3 is 1. The second-order valence-electron chi connectivity index (χ2n) is 2.63. The zero-order chi connectivity index (χ0) is 10.9. The van der Waals surface area contributed by atoms with Crippen LogP contribution < -0.4 is 4.74 Å². The Bertz CT molecular complexity index is 286. The Kier molecular flexibility index (Phi) is 5.57. The highest BCUT2D eigenvalue weighted by Gasteiger charge is 1.97. The highest BCUT2D eigenvalue weighted by Crippen LogP contribution is 2.04. The van der Waals surface area contributed by atoms with Crippen molar-refractivity contribution in [3.05, 3.63) is 18.3 Å². The first kappa shape index (κ1) is 11.8. The van der Waals surface area contributed by atoms with Crippen LogP contribution in [0.5, 0.6) is 5.88 Å². The van der Waals surface area contributed by atoms with E-state index >= 15 is 0 Å². The summed E-state index contributed by atoms with van der Waals surface area (Å²) < 4.78 is 27.6. The van der Waals surface area contributed by atoms with E-state index in [1.165, 1.54) is 0 Å². The molecule has 1 aromatic rings. The van der Waals surface area contributed by atoms with Gasteiger partial charge >= 0.3 is 0 Å². The Balaban J connectivity index is 2.10. The normalized spacial score (nSPS) is 10.3. The smallest absolute Gasteiger partial charge is 0.219 e. The first-order valence-electron chi connectivity index (χ1n) is 4.50. The summed E-state index contributed by atoms with van der Waals surface area (Å²) in [7, 11) is 1.60. The van der Waals surface area contributed by atoms with E-state index in [4.69, 9.17) is 14.2 Å². The summed E-state index contributed by atoms with van der Waals surface area (Å²) in [4.78, 5) is 7.02. The lowest BCUT2D eigenvalue weighted by Crippen LogP contribution is -2.10. The van der Waals surface area contributed by atoms with Gasteiger partial charge in [0.1, 0.15) is 12.9 Å².